The second-order valence-electron chi connectivity index (χ2n) is 16.0. The van der Waals surface area contributed by atoms with Gasteiger partial charge in [0.25, 0.3) is 0 Å². The molecule has 0 bridgehead atoms. The molecule has 0 aliphatic heterocycles. The molecule has 0 radical (unpaired) electrons. The van der Waals surface area contributed by atoms with Crippen molar-refractivity contribution in [2.75, 3.05) is 4.90 Å². The Morgan fingerprint density at radius 3 is 1.60 bits per heavy atom. The first-order valence-corrected chi connectivity index (χ1v) is 21.3. The van der Waals surface area contributed by atoms with E-state index < -0.39 is 0 Å². The van der Waals surface area contributed by atoms with Gasteiger partial charge in [-0.3, -0.25) is 0 Å². The van der Waals surface area contributed by atoms with Crippen LogP contribution in [0, 0.1) is 0 Å². The van der Waals surface area contributed by atoms with Crippen LogP contribution in [0.3, 0.4) is 0 Å². The van der Waals surface area contributed by atoms with Crippen LogP contribution in [0.1, 0.15) is 0 Å². The number of rotatable bonds is 7. The molecule has 12 aromatic rings. The normalized spacial score (nSPS) is 11.5. The predicted molar refractivity (Wildman–Crippen MR) is 263 cm³/mol. The fourth-order valence-corrected chi connectivity index (χ4v) is 9.67. The van der Waals surface area contributed by atoms with E-state index in [-0.39, 0.29) is 0 Å². The van der Waals surface area contributed by atoms with Gasteiger partial charge in [0.2, 0.25) is 0 Å². The molecule has 290 valence electrons. The van der Waals surface area contributed by atoms with Gasteiger partial charge in [-0.2, -0.15) is 0 Å². The van der Waals surface area contributed by atoms with E-state index in [1.807, 2.05) is 6.07 Å². The zero-order chi connectivity index (χ0) is 41.0. The van der Waals surface area contributed by atoms with Gasteiger partial charge >= 0.3 is 0 Å². The van der Waals surface area contributed by atoms with Crippen molar-refractivity contribution < 1.29 is 4.42 Å². The lowest BCUT2D eigenvalue weighted by Gasteiger charge is -2.30. The van der Waals surface area contributed by atoms with Crippen molar-refractivity contribution in [2.24, 2.45) is 0 Å². The van der Waals surface area contributed by atoms with Crippen LogP contribution in [0.2, 0.25) is 0 Å². The molecule has 62 heavy (non-hydrogen) atoms. The van der Waals surface area contributed by atoms with E-state index in [1.165, 1.54) is 60.1 Å². The molecule has 0 amide bonds. The van der Waals surface area contributed by atoms with Crippen molar-refractivity contribution in [3.05, 3.63) is 237 Å². The highest BCUT2D eigenvalue weighted by atomic mass is 16.3. The molecule has 0 fully saturated rings. The molecule has 11 aromatic carbocycles. The maximum absolute atomic E-state index is 6.69. The fourth-order valence-electron chi connectivity index (χ4n) is 9.67. The van der Waals surface area contributed by atoms with Crippen molar-refractivity contribution in [2.45, 2.75) is 0 Å². The molecule has 0 atom stereocenters. The average Bonchev–Trinajstić information content (AvgIpc) is 3.73. The monoisotopic (exact) mass is 789 g/mol. The quantitative estimate of drug-likeness (QED) is 0.150. The number of anilines is 3. The molecule has 0 N–H and O–H groups in total. The van der Waals surface area contributed by atoms with E-state index in [0.717, 1.165) is 55.7 Å². The summed E-state index contributed by atoms with van der Waals surface area (Å²) in [5, 5.41) is 9.69. The van der Waals surface area contributed by atoms with Crippen molar-refractivity contribution in [3.63, 3.8) is 0 Å². The van der Waals surface area contributed by atoms with Crippen LogP contribution < -0.4 is 4.90 Å². The Morgan fingerprint density at radius 1 is 0.274 bits per heavy atom. The summed E-state index contributed by atoms with van der Waals surface area (Å²) in [4.78, 5) is 2.44. The molecule has 12 rings (SSSR count). The van der Waals surface area contributed by atoms with Gasteiger partial charge in [0, 0.05) is 33.2 Å². The number of furan rings is 1. The number of hydrogen-bond acceptors (Lipinski definition) is 2. The fraction of sp³-hybridized carbons (Fsp3) is 0. The van der Waals surface area contributed by atoms with Crippen LogP contribution in [-0.2, 0) is 0 Å². The summed E-state index contributed by atoms with van der Waals surface area (Å²) < 4.78 is 6.69. The maximum Gasteiger partial charge on any atom is 0.143 e. The Balaban J connectivity index is 1.09. The highest BCUT2D eigenvalue weighted by Gasteiger charge is 2.24. The molecular weight excluding hydrogens is 751 g/mol. The van der Waals surface area contributed by atoms with Crippen LogP contribution in [0.15, 0.2) is 241 Å². The van der Waals surface area contributed by atoms with Crippen LogP contribution >= 0.6 is 0 Å². The van der Waals surface area contributed by atoms with Gasteiger partial charge in [-0.25, -0.2) is 0 Å². The Hall–Kier alpha value is -8.20. The Labute approximate surface area is 360 Å². The van der Waals surface area contributed by atoms with Crippen LogP contribution in [-0.4, -0.2) is 0 Å². The van der Waals surface area contributed by atoms with E-state index in [2.05, 4.69) is 235 Å². The zero-order valence-electron chi connectivity index (χ0n) is 33.9. The number of fused-ring (bicyclic) bond motifs is 7. The molecule has 0 spiro atoms. The van der Waals surface area contributed by atoms with Crippen LogP contribution in [0.25, 0.3) is 98.8 Å². The number of hydrogen-bond donors (Lipinski definition) is 0. The minimum Gasteiger partial charge on any atom is -0.455 e. The number of benzene rings is 11. The zero-order valence-corrected chi connectivity index (χ0v) is 33.9. The Kier molecular flexibility index (Phi) is 8.53. The van der Waals surface area contributed by atoms with Gasteiger partial charge in [0.05, 0.1) is 11.4 Å². The molecule has 0 unspecified atom stereocenters. The molecule has 1 aromatic heterocycles. The summed E-state index contributed by atoms with van der Waals surface area (Å²) in [5.41, 5.74) is 14.2. The summed E-state index contributed by atoms with van der Waals surface area (Å²) in [7, 11) is 0. The van der Waals surface area contributed by atoms with E-state index in [4.69, 9.17) is 4.42 Å². The maximum atomic E-state index is 6.69. The Morgan fingerprint density at radius 2 is 0.806 bits per heavy atom. The minimum absolute atomic E-state index is 0.884. The van der Waals surface area contributed by atoms with Crippen molar-refractivity contribution >= 4 is 71.3 Å². The third-order valence-corrected chi connectivity index (χ3v) is 12.5. The molecule has 2 heteroatoms. The lowest BCUT2D eigenvalue weighted by Crippen LogP contribution is -2.12. The number of para-hydroxylation sites is 4. The highest BCUT2D eigenvalue weighted by Crippen LogP contribution is 2.49. The molecule has 1 heterocycles. The van der Waals surface area contributed by atoms with E-state index >= 15 is 0 Å². The Bertz CT molecular complexity index is 3630. The molecule has 0 aliphatic rings. The third kappa shape index (κ3) is 5.88. The van der Waals surface area contributed by atoms with Gasteiger partial charge in [0.15, 0.2) is 0 Å². The summed E-state index contributed by atoms with van der Waals surface area (Å²) in [6.45, 7) is 0. The SMILES string of the molecule is c1ccc(-c2cccc3cccc(-c4ccccc4N(c4ccc(-c5cccc6c5ccc5ccccc56)cc4)c4ccccc4-c4cccc5c4oc4ccccc45)c23)cc1. The smallest absolute Gasteiger partial charge is 0.143 e. The lowest BCUT2D eigenvalue weighted by atomic mass is 9.90. The first-order chi connectivity index (χ1) is 30.8. The average molecular weight is 790 g/mol. The molecule has 2 nitrogen and oxygen atoms in total. The van der Waals surface area contributed by atoms with Crippen molar-refractivity contribution in [3.8, 4) is 44.5 Å². The second-order valence-corrected chi connectivity index (χ2v) is 16.0. The lowest BCUT2D eigenvalue weighted by molar-refractivity contribution is 0.670. The van der Waals surface area contributed by atoms with Crippen molar-refractivity contribution in [1.82, 2.24) is 0 Å². The highest BCUT2D eigenvalue weighted by molar-refractivity contribution is 6.14. The van der Waals surface area contributed by atoms with E-state index in [9.17, 15) is 0 Å². The second kappa shape index (κ2) is 14.8. The van der Waals surface area contributed by atoms with Crippen LogP contribution in [0.4, 0.5) is 17.1 Å². The topological polar surface area (TPSA) is 16.4 Å². The van der Waals surface area contributed by atoms with E-state index in [0.29, 0.717) is 0 Å². The summed E-state index contributed by atoms with van der Waals surface area (Å²) in [6.07, 6.45) is 0. The summed E-state index contributed by atoms with van der Waals surface area (Å²) in [6, 6.07) is 85.5. The minimum atomic E-state index is 0.884. The van der Waals surface area contributed by atoms with Gasteiger partial charge in [-0.1, -0.05) is 206 Å². The standard InChI is InChI=1S/C60H39NO/c1-2-16-40(17-3-1)47-26-12-19-43-20-13-28-53(59(43)47)50-22-6-9-31-56(50)61(57-32-10-7-23-51(57)54-29-15-30-55-52-24-8-11-33-58(52)62-60(54)55)44-37-34-42(35-38-44)46-25-14-27-48-45-21-5-4-18-41(45)36-39-49(46)48/h1-39H. The molecular formula is C60H39NO. The van der Waals surface area contributed by atoms with Crippen LogP contribution in [0.5, 0.6) is 0 Å². The molecule has 0 saturated carbocycles. The first kappa shape index (κ1) is 35.7. The van der Waals surface area contributed by atoms with Crippen molar-refractivity contribution in [1.29, 1.82) is 0 Å². The van der Waals surface area contributed by atoms with Gasteiger partial charge in [0.1, 0.15) is 11.2 Å². The molecule has 0 aliphatic carbocycles. The van der Waals surface area contributed by atoms with Gasteiger partial charge in [-0.15, -0.1) is 0 Å². The first-order valence-electron chi connectivity index (χ1n) is 21.3. The predicted octanol–water partition coefficient (Wildman–Crippen LogP) is 17.2. The third-order valence-electron chi connectivity index (χ3n) is 12.5. The molecule has 0 saturated heterocycles. The number of nitrogens with zero attached hydrogens (tertiary/aromatic N) is 1. The summed E-state index contributed by atoms with van der Waals surface area (Å²) >= 11 is 0. The van der Waals surface area contributed by atoms with Gasteiger partial charge < -0.3 is 9.32 Å². The van der Waals surface area contributed by atoms with E-state index in [1.54, 1.807) is 0 Å². The largest absolute Gasteiger partial charge is 0.455 e. The summed E-state index contributed by atoms with van der Waals surface area (Å²) in [5.74, 6) is 0. The van der Waals surface area contributed by atoms with Gasteiger partial charge in [-0.05, 0) is 90.5 Å².